The number of anilines is 3. The lowest BCUT2D eigenvalue weighted by atomic mass is 9.82. The minimum atomic E-state index is -0.222. The van der Waals surface area contributed by atoms with Gasteiger partial charge >= 0.3 is 0 Å². The average molecular weight is 443 g/mol. The van der Waals surface area contributed by atoms with Gasteiger partial charge in [-0.05, 0) is 42.8 Å². The second-order valence-corrected chi connectivity index (χ2v) is 8.42. The molecule has 170 valence electrons. The summed E-state index contributed by atoms with van der Waals surface area (Å²) in [5.41, 5.74) is 9.16. The third-order valence-corrected chi connectivity index (χ3v) is 6.01. The summed E-state index contributed by atoms with van der Waals surface area (Å²) >= 11 is 0. The van der Waals surface area contributed by atoms with E-state index in [2.05, 4.69) is 12.2 Å². The minimum Gasteiger partial charge on any atom is -0.494 e. The Kier molecular flexibility index (Phi) is 7.08. The lowest BCUT2D eigenvalue weighted by Crippen LogP contribution is -2.23. The molecule has 3 N–H and O–H groups in total. The van der Waals surface area contributed by atoms with E-state index in [9.17, 15) is 9.59 Å². The van der Waals surface area contributed by atoms with Crippen LogP contribution < -0.4 is 15.8 Å². The third-order valence-electron chi connectivity index (χ3n) is 6.01. The van der Waals surface area contributed by atoms with Crippen LogP contribution in [0.15, 0.2) is 60.7 Å². The van der Waals surface area contributed by atoms with Crippen LogP contribution in [0.25, 0.3) is 0 Å². The number of nitrogen functional groups attached to an aromatic ring is 1. The Morgan fingerprint density at radius 1 is 0.758 bits per heavy atom. The van der Waals surface area contributed by atoms with E-state index in [4.69, 9.17) is 10.5 Å². The summed E-state index contributed by atoms with van der Waals surface area (Å²) in [7, 11) is 0. The summed E-state index contributed by atoms with van der Waals surface area (Å²) in [5, 5.41) is 3.28. The molecule has 5 nitrogen and oxygen atoms in total. The first-order chi connectivity index (χ1) is 16.1. The third kappa shape index (κ3) is 4.92. The number of carbonyl (C=O) groups excluding carboxylic acids is 2. The fraction of sp³-hybridized carbons (Fsp3) is 0.286. The van der Waals surface area contributed by atoms with E-state index in [0.717, 1.165) is 17.9 Å². The van der Waals surface area contributed by atoms with Gasteiger partial charge < -0.3 is 15.8 Å². The summed E-state index contributed by atoms with van der Waals surface area (Å²) in [5.74, 6) is 0.391. The Morgan fingerprint density at radius 2 is 1.39 bits per heavy atom. The first-order valence-electron chi connectivity index (χ1n) is 11.7. The SMILES string of the molecule is CCCCCCCCOc1ccc(Nc2ccc(N)c3c2C(=O)c2ccccc2C3=O)cc1. The van der Waals surface area contributed by atoms with Gasteiger partial charge in [0.05, 0.1) is 23.4 Å². The van der Waals surface area contributed by atoms with Gasteiger partial charge in [0.1, 0.15) is 5.75 Å². The quantitative estimate of drug-likeness (QED) is 0.216. The molecule has 1 aliphatic carbocycles. The van der Waals surface area contributed by atoms with Crippen LogP contribution in [0, 0.1) is 0 Å². The second-order valence-electron chi connectivity index (χ2n) is 8.42. The van der Waals surface area contributed by atoms with Crippen LogP contribution in [-0.2, 0) is 0 Å². The lowest BCUT2D eigenvalue weighted by molar-refractivity contribution is 0.0980. The molecule has 0 spiro atoms. The number of nitrogens with two attached hydrogens (primary N) is 1. The number of carbonyl (C=O) groups is 2. The minimum absolute atomic E-state index is 0.200. The van der Waals surface area contributed by atoms with Crippen molar-refractivity contribution in [2.24, 2.45) is 0 Å². The van der Waals surface area contributed by atoms with E-state index in [1.165, 1.54) is 32.1 Å². The van der Waals surface area contributed by atoms with Crippen LogP contribution in [0.5, 0.6) is 5.75 Å². The molecule has 0 saturated heterocycles. The first kappa shape index (κ1) is 22.6. The van der Waals surface area contributed by atoms with Crippen LogP contribution in [0.3, 0.4) is 0 Å². The van der Waals surface area contributed by atoms with E-state index in [-0.39, 0.29) is 17.1 Å². The molecule has 3 aromatic carbocycles. The van der Waals surface area contributed by atoms with Gasteiger partial charge in [0, 0.05) is 22.5 Å². The predicted octanol–water partition coefficient (Wildman–Crippen LogP) is 6.53. The Balaban J connectivity index is 1.45. The molecular formula is C28H30N2O3. The van der Waals surface area contributed by atoms with Gasteiger partial charge in [0.25, 0.3) is 0 Å². The Morgan fingerprint density at radius 3 is 2.09 bits per heavy atom. The number of hydrogen-bond acceptors (Lipinski definition) is 5. The number of benzene rings is 3. The molecule has 5 heteroatoms. The maximum atomic E-state index is 13.2. The molecule has 0 atom stereocenters. The number of nitrogens with one attached hydrogen (secondary N) is 1. The van der Waals surface area contributed by atoms with Gasteiger partial charge in [-0.3, -0.25) is 9.59 Å². The molecule has 0 aliphatic heterocycles. The molecule has 33 heavy (non-hydrogen) atoms. The summed E-state index contributed by atoms with van der Waals surface area (Å²) in [4.78, 5) is 26.3. The molecular weight excluding hydrogens is 412 g/mol. The molecule has 4 rings (SSSR count). The highest BCUT2D eigenvalue weighted by Gasteiger charge is 2.33. The van der Waals surface area contributed by atoms with Crippen molar-refractivity contribution in [2.75, 3.05) is 17.7 Å². The molecule has 0 bridgehead atoms. The van der Waals surface area contributed by atoms with Crippen molar-refractivity contribution >= 4 is 28.6 Å². The van der Waals surface area contributed by atoms with E-state index in [1.54, 1.807) is 36.4 Å². The number of hydrogen-bond donors (Lipinski definition) is 2. The molecule has 1 aliphatic rings. The van der Waals surface area contributed by atoms with Crippen molar-refractivity contribution in [3.8, 4) is 5.75 Å². The highest BCUT2D eigenvalue weighted by molar-refractivity contribution is 6.31. The van der Waals surface area contributed by atoms with Gasteiger partial charge in [-0.1, -0.05) is 63.3 Å². The molecule has 0 heterocycles. The summed E-state index contributed by atoms with van der Waals surface area (Å²) in [6, 6.07) is 17.9. The summed E-state index contributed by atoms with van der Waals surface area (Å²) in [6.07, 6.45) is 7.37. The van der Waals surface area contributed by atoms with Crippen LogP contribution in [0.1, 0.15) is 77.3 Å². The first-order valence-corrected chi connectivity index (χ1v) is 11.7. The van der Waals surface area contributed by atoms with Crippen LogP contribution >= 0.6 is 0 Å². The van der Waals surface area contributed by atoms with E-state index in [0.29, 0.717) is 34.7 Å². The zero-order valence-corrected chi connectivity index (χ0v) is 19.0. The van der Waals surface area contributed by atoms with Gasteiger partial charge in [-0.2, -0.15) is 0 Å². The molecule has 0 aromatic heterocycles. The van der Waals surface area contributed by atoms with Gasteiger partial charge in [0.2, 0.25) is 0 Å². The lowest BCUT2D eigenvalue weighted by Gasteiger charge is -2.22. The Bertz CT molecular complexity index is 1150. The van der Waals surface area contributed by atoms with Crippen LogP contribution in [0.4, 0.5) is 17.1 Å². The van der Waals surface area contributed by atoms with Crippen molar-refractivity contribution < 1.29 is 14.3 Å². The molecule has 3 aromatic rings. The second kappa shape index (κ2) is 10.3. The normalized spacial score (nSPS) is 12.3. The number of ketones is 2. The van der Waals surface area contributed by atoms with Gasteiger partial charge in [-0.15, -0.1) is 0 Å². The summed E-state index contributed by atoms with van der Waals surface area (Å²) < 4.78 is 5.85. The number of unbranched alkanes of at least 4 members (excludes halogenated alkanes) is 5. The van der Waals surface area contributed by atoms with E-state index < -0.39 is 0 Å². The maximum absolute atomic E-state index is 13.2. The van der Waals surface area contributed by atoms with E-state index in [1.807, 2.05) is 24.3 Å². The van der Waals surface area contributed by atoms with Crippen molar-refractivity contribution in [1.82, 2.24) is 0 Å². The largest absolute Gasteiger partial charge is 0.494 e. The van der Waals surface area contributed by atoms with Gasteiger partial charge in [-0.25, -0.2) is 0 Å². The predicted molar refractivity (Wildman–Crippen MR) is 133 cm³/mol. The van der Waals surface area contributed by atoms with Crippen molar-refractivity contribution in [3.63, 3.8) is 0 Å². The highest BCUT2D eigenvalue weighted by atomic mass is 16.5. The van der Waals surface area contributed by atoms with Crippen molar-refractivity contribution in [3.05, 3.63) is 82.9 Å². The van der Waals surface area contributed by atoms with Gasteiger partial charge in [0.15, 0.2) is 11.6 Å². The zero-order valence-electron chi connectivity index (χ0n) is 19.0. The Labute approximate surface area is 195 Å². The van der Waals surface area contributed by atoms with E-state index >= 15 is 0 Å². The number of fused-ring (bicyclic) bond motifs is 2. The topological polar surface area (TPSA) is 81.4 Å². The zero-order chi connectivity index (χ0) is 23.2. The smallest absolute Gasteiger partial charge is 0.196 e. The molecule has 0 saturated carbocycles. The molecule has 0 radical (unpaired) electrons. The molecule has 0 unspecified atom stereocenters. The number of ether oxygens (including phenoxy) is 1. The Hall–Kier alpha value is -3.60. The molecule has 0 amide bonds. The average Bonchev–Trinajstić information content (AvgIpc) is 2.84. The molecule has 0 fully saturated rings. The summed E-state index contributed by atoms with van der Waals surface area (Å²) in [6.45, 7) is 2.93. The fourth-order valence-electron chi connectivity index (χ4n) is 4.21. The van der Waals surface area contributed by atoms with Crippen molar-refractivity contribution in [1.29, 1.82) is 0 Å². The standard InChI is InChI=1S/C28H30N2O3/c1-2-3-4-5-6-9-18-33-20-14-12-19(13-15-20)30-24-17-16-23(29)25-26(24)28(32)22-11-8-7-10-21(22)27(25)31/h7-8,10-17,30H,2-6,9,18,29H2,1H3. The highest BCUT2D eigenvalue weighted by Crippen LogP contribution is 2.36. The van der Waals surface area contributed by atoms with Crippen molar-refractivity contribution in [2.45, 2.75) is 45.4 Å². The number of rotatable bonds is 10. The fourth-order valence-corrected chi connectivity index (χ4v) is 4.21. The maximum Gasteiger partial charge on any atom is 0.196 e. The van der Waals surface area contributed by atoms with Crippen LogP contribution in [-0.4, -0.2) is 18.2 Å². The monoisotopic (exact) mass is 442 g/mol. The van der Waals surface area contributed by atoms with Crippen LogP contribution in [0.2, 0.25) is 0 Å².